The van der Waals surface area contributed by atoms with Crippen molar-refractivity contribution in [3.05, 3.63) is 23.2 Å². The highest BCUT2D eigenvalue weighted by Crippen LogP contribution is 2.27. The van der Waals surface area contributed by atoms with Crippen LogP contribution in [0.5, 0.6) is 5.75 Å². The number of sulfone groups is 1. The standard InChI is InChI=1S/C13H18ClNO7S2/c1-3-23(18,19)7-6-10(13(16)17)15-24(20,21)12-8-9(14)4-5-11(12)22-2/h4-5,8,10,15H,3,6-7H2,1-2H3,(H,16,17). The Balaban J connectivity index is 3.09. The number of sulfonamides is 1. The van der Waals surface area contributed by atoms with Gasteiger partial charge in [-0.25, -0.2) is 16.8 Å². The van der Waals surface area contributed by atoms with E-state index in [1.54, 1.807) is 0 Å². The second-order valence-electron chi connectivity index (χ2n) is 4.83. The van der Waals surface area contributed by atoms with Crippen molar-refractivity contribution in [3.63, 3.8) is 0 Å². The minimum Gasteiger partial charge on any atom is -0.495 e. The number of hydrogen-bond acceptors (Lipinski definition) is 6. The molecule has 136 valence electrons. The molecular formula is C13H18ClNO7S2. The fourth-order valence-corrected chi connectivity index (χ4v) is 4.32. The van der Waals surface area contributed by atoms with Crippen molar-refractivity contribution in [2.24, 2.45) is 0 Å². The van der Waals surface area contributed by atoms with E-state index in [-0.39, 0.29) is 21.4 Å². The van der Waals surface area contributed by atoms with Crippen molar-refractivity contribution >= 4 is 37.4 Å². The summed E-state index contributed by atoms with van der Waals surface area (Å²) in [5.41, 5.74) is 0. The van der Waals surface area contributed by atoms with Gasteiger partial charge in [0.15, 0.2) is 0 Å². The molecule has 0 saturated carbocycles. The molecule has 1 aromatic carbocycles. The van der Waals surface area contributed by atoms with E-state index in [4.69, 9.17) is 21.4 Å². The van der Waals surface area contributed by atoms with Crippen LogP contribution in [0.4, 0.5) is 0 Å². The molecule has 0 aliphatic carbocycles. The number of carbonyl (C=O) groups is 1. The van der Waals surface area contributed by atoms with E-state index < -0.39 is 44.0 Å². The molecule has 0 aliphatic rings. The summed E-state index contributed by atoms with van der Waals surface area (Å²) >= 11 is 5.78. The third kappa shape index (κ3) is 5.62. The molecule has 0 amide bonds. The maximum Gasteiger partial charge on any atom is 0.321 e. The van der Waals surface area contributed by atoms with Gasteiger partial charge in [0, 0.05) is 10.8 Å². The lowest BCUT2D eigenvalue weighted by atomic mass is 10.2. The van der Waals surface area contributed by atoms with Crippen molar-refractivity contribution in [1.29, 1.82) is 0 Å². The van der Waals surface area contributed by atoms with E-state index in [1.807, 2.05) is 4.72 Å². The Morgan fingerprint density at radius 3 is 2.46 bits per heavy atom. The molecule has 0 heterocycles. The fraction of sp³-hybridized carbons (Fsp3) is 0.462. The summed E-state index contributed by atoms with van der Waals surface area (Å²) in [4.78, 5) is 10.9. The van der Waals surface area contributed by atoms with Gasteiger partial charge in [0.05, 0.1) is 12.9 Å². The lowest BCUT2D eigenvalue weighted by Gasteiger charge is -2.16. The molecule has 0 fully saturated rings. The van der Waals surface area contributed by atoms with Crippen molar-refractivity contribution in [1.82, 2.24) is 4.72 Å². The van der Waals surface area contributed by atoms with Crippen LogP contribution in [0, 0.1) is 0 Å². The summed E-state index contributed by atoms with van der Waals surface area (Å²) in [5.74, 6) is -2.10. The monoisotopic (exact) mass is 399 g/mol. The van der Waals surface area contributed by atoms with Gasteiger partial charge in [-0.05, 0) is 24.6 Å². The quantitative estimate of drug-likeness (QED) is 0.631. The van der Waals surface area contributed by atoms with Crippen molar-refractivity contribution in [2.75, 3.05) is 18.6 Å². The number of hydrogen-bond donors (Lipinski definition) is 2. The molecular weight excluding hydrogens is 382 g/mol. The van der Waals surface area contributed by atoms with Gasteiger partial charge in [-0.3, -0.25) is 4.79 Å². The molecule has 0 saturated heterocycles. The zero-order valence-electron chi connectivity index (χ0n) is 13.0. The highest BCUT2D eigenvalue weighted by Gasteiger charge is 2.29. The van der Waals surface area contributed by atoms with Crippen molar-refractivity contribution in [3.8, 4) is 5.75 Å². The van der Waals surface area contributed by atoms with E-state index in [0.29, 0.717) is 0 Å². The Kier molecular flexibility index (Phi) is 7.02. The third-order valence-electron chi connectivity index (χ3n) is 3.17. The highest BCUT2D eigenvalue weighted by atomic mass is 35.5. The molecule has 1 unspecified atom stereocenters. The first-order chi connectivity index (χ1) is 11.0. The molecule has 24 heavy (non-hydrogen) atoms. The van der Waals surface area contributed by atoms with Gasteiger partial charge >= 0.3 is 5.97 Å². The second kappa shape index (κ2) is 8.15. The van der Waals surface area contributed by atoms with Gasteiger partial charge in [-0.2, -0.15) is 4.72 Å². The molecule has 1 rings (SSSR count). The number of methoxy groups -OCH3 is 1. The number of aliphatic carboxylic acids is 1. The van der Waals surface area contributed by atoms with E-state index in [2.05, 4.69) is 0 Å². The van der Waals surface area contributed by atoms with Crippen LogP contribution >= 0.6 is 11.6 Å². The SMILES string of the molecule is CCS(=O)(=O)CCC(NS(=O)(=O)c1cc(Cl)ccc1OC)C(=O)O. The van der Waals surface area contributed by atoms with Crippen LogP contribution in [-0.2, 0) is 24.7 Å². The Labute approximate surface area is 145 Å². The van der Waals surface area contributed by atoms with Crippen LogP contribution < -0.4 is 9.46 Å². The number of benzene rings is 1. The largest absolute Gasteiger partial charge is 0.495 e. The average molecular weight is 400 g/mol. The molecule has 0 bridgehead atoms. The molecule has 0 aliphatic heterocycles. The lowest BCUT2D eigenvalue weighted by molar-refractivity contribution is -0.139. The van der Waals surface area contributed by atoms with Crippen LogP contribution in [0.3, 0.4) is 0 Å². The number of carboxylic acids is 1. The number of halogens is 1. The van der Waals surface area contributed by atoms with Gasteiger partial charge in [0.2, 0.25) is 10.0 Å². The molecule has 2 N–H and O–H groups in total. The van der Waals surface area contributed by atoms with Gasteiger partial charge in [0.1, 0.15) is 26.5 Å². The summed E-state index contributed by atoms with van der Waals surface area (Å²) in [5, 5.41) is 9.28. The summed E-state index contributed by atoms with van der Waals surface area (Å²) in [6, 6.07) is 2.26. The Morgan fingerprint density at radius 1 is 1.33 bits per heavy atom. The van der Waals surface area contributed by atoms with E-state index in [9.17, 15) is 21.6 Å². The third-order valence-corrected chi connectivity index (χ3v) is 6.63. The molecule has 8 nitrogen and oxygen atoms in total. The fourth-order valence-electron chi connectivity index (χ4n) is 1.79. The zero-order valence-corrected chi connectivity index (χ0v) is 15.4. The van der Waals surface area contributed by atoms with Crippen LogP contribution in [-0.4, -0.2) is 52.6 Å². The van der Waals surface area contributed by atoms with E-state index >= 15 is 0 Å². The molecule has 1 aromatic rings. The summed E-state index contributed by atoms with van der Waals surface area (Å²) in [6.07, 6.45) is -0.395. The predicted molar refractivity (Wildman–Crippen MR) is 88.7 cm³/mol. The number of carboxylic acid groups (broad SMARTS) is 1. The zero-order chi connectivity index (χ0) is 18.5. The van der Waals surface area contributed by atoms with E-state index in [0.717, 1.165) is 6.07 Å². The predicted octanol–water partition coefficient (Wildman–Crippen LogP) is 0.905. The number of ether oxygens (including phenoxy) is 1. The first-order valence-corrected chi connectivity index (χ1v) is 10.5. The van der Waals surface area contributed by atoms with E-state index in [1.165, 1.54) is 26.2 Å². The molecule has 1 atom stereocenters. The van der Waals surface area contributed by atoms with Crippen LogP contribution in [0.25, 0.3) is 0 Å². The minimum atomic E-state index is -4.28. The molecule has 0 radical (unpaired) electrons. The second-order valence-corrected chi connectivity index (χ2v) is 9.42. The minimum absolute atomic E-state index is 0.0165. The first-order valence-electron chi connectivity index (χ1n) is 6.81. The summed E-state index contributed by atoms with van der Waals surface area (Å²) in [7, 11) is -6.46. The van der Waals surface area contributed by atoms with Crippen LogP contribution in [0.15, 0.2) is 23.1 Å². The Bertz CT molecular complexity index is 806. The first kappa shape index (κ1) is 20.7. The number of rotatable bonds is 9. The van der Waals surface area contributed by atoms with Crippen molar-refractivity contribution in [2.45, 2.75) is 24.3 Å². The molecule has 0 spiro atoms. The van der Waals surface area contributed by atoms with Crippen molar-refractivity contribution < 1.29 is 31.5 Å². The average Bonchev–Trinajstić information content (AvgIpc) is 2.51. The Morgan fingerprint density at radius 2 is 1.96 bits per heavy atom. The molecule has 0 aromatic heterocycles. The smallest absolute Gasteiger partial charge is 0.321 e. The van der Waals surface area contributed by atoms with Crippen LogP contribution in [0.1, 0.15) is 13.3 Å². The van der Waals surface area contributed by atoms with Gasteiger partial charge in [-0.15, -0.1) is 0 Å². The Hall–Kier alpha value is -1.36. The van der Waals surface area contributed by atoms with Gasteiger partial charge in [-0.1, -0.05) is 18.5 Å². The number of nitrogens with one attached hydrogen (secondary N) is 1. The summed E-state index contributed by atoms with van der Waals surface area (Å²) in [6.45, 7) is 1.42. The maximum atomic E-state index is 12.4. The maximum absolute atomic E-state index is 12.4. The normalized spacial score (nSPS) is 13.5. The lowest BCUT2D eigenvalue weighted by Crippen LogP contribution is -2.42. The van der Waals surface area contributed by atoms with Gasteiger partial charge in [0.25, 0.3) is 0 Å². The molecule has 11 heteroatoms. The summed E-state index contributed by atoms with van der Waals surface area (Å²) < 4.78 is 54.7. The van der Waals surface area contributed by atoms with Gasteiger partial charge < -0.3 is 9.84 Å². The topological polar surface area (TPSA) is 127 Å². The van der Waals surface area contributed by atoms with Crippen LogP contribution in [0.2, 0.25) is 5.02 Å². The highest BCUT2D eigenvalue weighted by molar-refractivity contribution is 7.91.